The van der Waals surface area contributed by atoms with Gasteiger partial charge in [-0.25, -0.2) is 0 Å². The molecule has 0 spiro atoms. The highest BCUT2D eigenvalue weighted by atomic mass is 32.5. The van der Waals surface area contributed by atoms with Gasteiger partial charge in [-0.1, -0.05) is 43.8 Å². The smallest absolute Gasteiger partial charge is 0.310 e. The van der Waals surface area contributed by atoms with Gasteiger partial charge in [-0.05, 0) is 48.0 Å². The summed E-state index contributed by atoms with van der Waals surface area (Å²) in [6, 6.07) is 5.26. The SMILES string of the molecule is C=c1ccc(C(=O)NCCSC(C)(F)F)c(C)/c1=C/N(C)CC1CN(C(=O)c2ccc(S(F)(F)(F)(F)F)cc2)C1. The zero-order valence-corrected chi connectivity index (χ0v) is 23.7. The van der Waals surface area contributed by atoms with Crippen molar-refractivity contribution in [3.63, 3.8) is 0 Å². The topological polar surface area (TPSA) is 52.7 Å². The molecule has 0 unspecified atom stereocenters. The van der Waals surface area contributed by atoms with Crippen molar-refractivity contribution in [2.45, 2.75) is 24.0 Å². The van der Waals surface area contributed by atoms with Crippen molar-refractivity contribution in [1.82, 2.24) is 15.1 Å². The average molecular weight is 614 g/mol. The Hall–Kier alpha value is -2.87. The Balaban J connectivity index is 1.60. The standard InChI is InChI=1S/C26H30F7N3O2S2/c1-17-5-10-22(24(37)34-11-12-39-26(3,27)28)18(2)23(17)16-35(4)13-19-14-36(15-19)25(38)20-6-8-21(9-7-20)40(29,30,31,32)33/h5-10,16,19H,1,11-15H2,2-4H3,(H,34,37)/b23-16+. The van der Waals surface area contributed by atoms with E-state index in [2.05, 4.69) is 11.9 Å². The summed E-state index contributed by atoms with van der Waals surface area (Å²) in [5.74, 6) is -0.840. The molecule has 0 saturated carbocycles. The maximum absolute atomic E-state index is 12.9. The molecule has 0 aliphatic carbocycles. The molecule has 2 aromatic carbocycles. The molecular formula is C26H30F7N3O2S2. The van der Waals surface area contributed by atoms with Gasteiger partial charge in [0.2, 0.25) is 0 Å². The van der Waals surface area contributed by atoms with E-state index >= 15 is 0 Å². The fourth-order valence-electron chi connectivity index (χ4n) is 4.27. The molecule has 0 bridgehead atoms. The van der Waals surface area contributed by atoms with Crippen LogP contribution >= 0.6 is 22.0 Å². The lowest BCUT2D eigenvalue weighted by molar-refractivity contribution is 0.0467. The van der Waals surface area contributed by atoms with Gasteiger partial charge in [-0.2, -0.15) is 8.78 Å². The Bertz CT molecular complexity index is 1390. The number of halogens is 7. The van der Waals surface area contributed by atoms with Crippen LogP contribution in [-0.4, -0.2) is 65.8 Å². The lowest BCUT2D eigenvalue weighted by Crippen LogP contribution is -2.53. The summed E-state index contributed by atoms with van der Waals surface area (Å²) in [4.78, 5) is 26.4. The van der Waals surface area contributed by atoms with E-state index in [1.807, 2.05) is 11.1 Å². The van der Waals surface area contributed by atoms with E-state index in [1.165, 1.54) is 4.90 Å². The van der Waals surface area contributed by atoms with Crippen LogP contribution < -0.4 is 15.8 Å². The molecule has 40 heavy (non-hydrogen) atoms. The molecule has 1 N–H and O–H groups in total. The van der Waals surface area contributed by atoms with Crippen molar-refractivity contribution < 1.29 is 37.8 Å². The first kappa shape index (κ1) is 31.7. The van der Waals surface area contributed by atoms with Crippen LogP contribution in [0.4, 0.5) is 28.2 Å². The second kappa shape index (κ2) is 10.5. The number of carbonyl (C=O) groups excluding carboxylic acids is 2. The maximum atomic E-state index is 12.9. The third-order valence-corrected chi connectivity index (χ3v) is 8.36. The molecule has 2 aromatic rings. The minimum atomic E-state index is -9.80. The van der Waals surface area contributed by atoms with Crippen molar-refractivity contribution in [2.24, 2.45) is 5.92 Å². The Morgan fingerprint density at radius 2 is 1.73 bits per heavy atom. The molecule has 222 valence electrons. The largest absolute Gasteiger partial charge is 0.380 e. The Kier molecular flexibility index (Phi) is 8.32. The highest BCUT2D eigenvalue weighted by Crippen LogP contribution is 3.02. The predicted octanol–water partition coefficient (Wildman–Crippen LogP) is 5.58. The van der Waals surface area contributed by atoms with Crippen LogP contribution in [0.1, 0.15) is 33.2 Å². The third-order valence-electron chi connectivity index (χ3n) is 6.28. The van der Waals surface area contributed by atoms with Gasteiger partial charge >= 0.3 is 10.2 Å². The summed E-state index contributed by atoms with van der Waals surface area (Å²) in [5, 5.41) is 1.14. The summed E-state index contributed by atoms with van der Waals surface area (Å²) in [6.07, 6.45) is 1.81. The fraction of sp³-hybridized carbons (Fsp3) is 0.385. The zero-order valence-electron chi connectivity index (χ0n) is 22.0. The van der Waals surface area contributed by atoms with Gasteiger partial charge in [0.15, 0.2) is 0 Å². The molecule has 3 rings (SSSR count). The molecule has 1 heterocycles. The van der Waals surface area contributed by atoms with Crippen molar-refractivity contribution in [3.8, 4) is 0 Å². The third kappa shape index (κ3) is 8.32. The molecule has 5 nitrogen and oxygen atoms in total. The molecule has 2 amide bonds. The van der Waals surface area contributed by atoms with Crippen LogP contribution in [0.5, 0.6) is 0 Å². The number of hydrogen-bond donors (Lipinski definition) is 1. The van der Waals surface area contributed by atoms with E-state index in [9.17, 15) is 37.8 Å². The van der Waals surface area contributed by atoms with E-state index < -0.39 is 32.2 Å². The van der Waals surface area contributed by atoms with Crippen LogP contribution in [0.25, 0.3) is 12.8 Å². The summed E-state index contributed by atoms with van der Waals surface area (Å²) in [5.41, 5.74) is 0.932. The van der Waals surface area contributed by atoms with Gasteiger partial charge in [0.05, 0.1) is 0 Å². The predicted molar refractivity (Wildman–Crippen MR) is 146 cm³/mol. The Morgan fingerprint density at radius 3 is 2.27 bits per heavy atom. The molecule has 1 aliphatic rings. The van der Waals surface area contributed by atoms with Crippen molar-refractivity contribution in [1.29, 1.82) is 0 Å². The molecule has 1 fully saturated rings. The Morgan fingerprint density at radius 1 is 1.12 bits per heavy atom. The molecule has 0 atom stereocenters. The first-order valence-corrected chi connectivity index (χ1v) is 15.0. The number of carbonyl (C=O) groups is 2. The van der Waals surface area contributed by atoms with Crippen LogP contribution in [0.15, 0.2) is 41.3 Å². The highest BCUT2D eigenvalue weighted by molar-refractivity contribution is 8.45. The monoisotopic (exact) mass is 613 g/mol. The van der Waals surface area contributed by atoms with Gasteiger partial charge < -0.3 is 15.1 Å². The molecule has 1 aliphatic heterocycles. The molecule has 1 saturated heterocycles. The first-order valence-electron chi connectivity index (χ1n) is 12.1. The van der Waals surface area contributed by atoms with Gasteiger partial charge in [0.25, 0.3) is 17.1 Å². The lowest BCUT2D eigenvalue weighted by Gasteiger charge is -2.41. The summed E-state index contributed by atoms with van der Waals surface area (Å²) < 4.78 is 90.4. The quantitative estimate of drug-likeness (QED) is 0.281. The van der Waals surface area contributed by atoms with E-state index in [-0.39, 0.29) is 35.9 Å². The number of thioether (sulfide) groups is 1. The van der Waals surface area contributed by atoms with Crippen molar-refractivity contribution >= 4 is 46.6 Å². The van der Waals surface area contributed by atoms with E-state index in [0.29, 0.717) is 53.0 Å². The molecule has 0 radical (unpaired) electrons. The minimum Gasteiger partial charge on any atom is -0.380 e. The maximum Gasteiger partial charge on any atom is 0.310 e. The number of nitrogens with zero attached hydrogens (tertiary/aromatic N) is 2. The van der Waals surface area contributed by atoms with Gasteiger partial charge in [0, 0.05) is 74.4 Å². The number of nitrogens with one attached hydrogen (secondary N) is 1. The number of amides is 2. The summed E-state index contributed by atoms with van der Waals surface area (Å²) in [6.45, 7) is 7.80. The second-order valence-electron chi connectivity index (χ2n) is 9.86. The molecule has 0 aromatic heterocycles. The fourth-order valence-corrected chi connectivity index (χ4v) is 5.48. The zero-order chi connectivity index (χ0) is 30.2. The highest BCUT2D eigenvalue weighted by Gasteiger charge is 2.65. The minimum absolute atomic E-state index is 0.0448. The van der Waals surface area contributed by atoms with Gasteiger partial charge in [-0.15, -0.1) is 0 Å². The van der Waals surface area contributed by atoms with Crippen LogP contribution in [-0.2, 0) is 0 Å². The first-order chi connectivity index (χ1) is 18.1. The van der Waals surface area contributed by atoms with E-state index in [0.717, 1.165) is 19.1 Å². The van der Waals surface area contributed by atoms with E-state index in [1.54, 1.807) is 26.1 Å². The number of rotatable bonds is 10. The molecule has 14 heteroatoms. The summed E-state index contributed by atoms with van der Waals surface area (Å²) >= 11 is 0.441. The van der Waals surface area contributed by atoms with E-state index in [4.69, 9.17) is 0 Å². The van der Waals surface area contributed by atoms with Crippen molar-refractivity contribution in [2.75, 3.05) is 39.0 Å². The second-order valence-corrected chi connectivity index (χ2v) is 13.7. The van der Waals surface area contributed by atoms with Crippen LogP contribution in [0, 0.1) is 12.8 Å². The number of alkyl halides is 2. The van der Waals surface area contributed by atoms with Crippen LogP contribution in [0.2, 0.25) is 0 Å². The summed E-state index contributed by atoms with van der Waals surface area (Å²) in [7, 11) is -8.00. The molecular weight excluding hydrogens is 583 g/mol. The number of likely N-dealkylation sites (tertiary alicyclic amines) is 1. The number of benzene rings is 2. The Labute approximate surface area is 231 Å². The van der Waals surface area contributed by atoms with Gasteiger partial charge in [0.1, 0.15) is 4.90 Å². The number of hydrogen-bond acceptors (Lipinski definition) is 4. The average Bonchev–Trinajstić information content (AvgIpc) is 2.79. The van der Waals surface area contributed by atoms with Crippen LogP contribution in [0.3, 0.4) is 0 Å². The van der Waals surface area contributed by atoms with Gasteiger partial charge in [-0.3, -0.25) is 9.59 Å². The normalized spacial score (nSPS) is 16.6. The van der Waals surface area contributed by atoms with Crippen molar-refractivity contribution in [3.05, 3.63) is 63.5 Å². The lowest BCUT2D eigenvalue weighted by atomic mass is 9.98.